The monoisotopic (exact) mass is 505 g/mol. The fraction of sp³-hybridized carbons (Fsp3) is 0.800. The number of nitrogens with one attached hydrogen (secondary N) is 2. The molecule has 5 nitrogen and oxygen atoms in total. The lowest BCUT2D eigenvalue weighted by Gasteiger charge is -2.36. The molecule has 0 amide bonds. The highest BCUT2D eigenvalue weighted by atomic mass is 127. The Kier molecular flexibility index (Phi) is 9.79. The van der Waals surface area contributed by atoms with E-state index < -0.39 is 0 Å². The molecule has 0 unspecified atom stereocenters. The SMILES string of the molecule is CN=C(NCc1sc(C)nc1C)NC1CCN(CC2CCCCC2)CC1.I. The number of aliphatic imine (C=N–C) groups is 1. The minimum Gasteiger partial charge on any atom is -0.354 e. The fourth-order valence-electron chi connectivity index (χ4n) is 4.28. The third-order valence-electron chi connectivity index (χ3n) is 5.81. The second-order valence-corrected chi connectivity index (χ2v) is 9.18. The van der Waals surface area contributed by atoms with Gasteiger partial charge >= 0.3 is 0 Å². The van der Waals surface area contributed by atoms with Crippen molar-refractivity contribution < 1.29 is 0 Å². The first-order valence-electron chi connectivity index (χ1n) is 10.3. The van der Waals surface area contributed by atoms with E-state index in [4.69, 9.17) is 0 Å². The highest BCUT2D eigenvalue weighted by Crippen LogP contribution is 2.25. The number of halogens is 1. The van der Waals surface area contributed by atoms with Gasteiger partial charge in [0.25, 0.3) is 0 Å². The number of thiazole rings is 1. The fourth-order valence-corrected chi connectivity index (χ4v) is 5.16. The average Bonchev–Trinajstić information content (AvgIpc) is 2.98. The number of hydrogen-bond acceptors (Lipinski definition) is 4. The highest BCUT2D eigenvalue weighted by Gasteiger charge is 2.23. The van der Waals surface area contributed by atoms with Crippen LogP contribution in [0.5, 0.6) is 0 Å². The predicted molar refractivity (Wildman–Crippen MR) is 126 cm³/mol. The van der Waals surface area contributed by atoms with Gasteiger partial charge in [0.2, 0.25) is 0 Å². The van der Waals surface area contributed by atoms with Gasteiger partial charge in [0.1, 0.15) is 0 Å². The topological polar surface area (TPSA) is 52.6 Å². The van der Waals surface area contributed by atoms with Gasteiger partial charge in [-0.1, -0.05) is 19.3 Å². The number of aryl methyl sites for hydroxylation is 2. The summed E-state index contributed by atoms with van der Waals surface area (Å²) in [5.74, 6) is 1.87. The molecule has 2 fully saturated rings. The summed E-state index contributed by atoms with van der Waals surface area (Å²) in [7, 11) is 1.86. The van der Waals surface area contributed by atoms with E-state index in [1.54, 1.807) is 11.3 Å². The Morgan fingerprint density at radius 1 is 1.15 bits per heavy atom. The van der Waals surface area contributed by atoms with Crippen LogP contribution >= 0.6 is 35.3 Å². The first kappa shape index (κ1) is 22.9. The van der Waals surface area contributed by atoms with Crippen molar-refractivity contribution in [2.45, 2.75) is 71.4 Å². The maximum atomic E-state index is 4.50. The van der Waals surface area contributed by atoms with Crippen molar-refractivity contribution in [3.63, 3.8) is 0 Å². The predicted octanol–water partition coefficient (Wildman–Crippen LogP) is 4.09. The molecule has 0 radical (unpaired) electrons. The Morgan fingerprint density at radius 3 is 2.44 bits per heavy atom. The third-order valence-corrected chi connectivity index (χ3v) is 6.88. The van der Waals surface area contributed by atoms with Gasteiger partial charge in [-0.25, -0.2) is 4.98 Å². The molecule has 3 rings (SSSR count). The van der Waals surface area contributed by atoms with Crippen LogP contribution in [-0.4, -0.2) is 48.6 Å². The molecule has 2 heterocycles. The zero-order chi connectivity index (χ0) is 18.4. The third kappa shape index (κ3) is 7.16. The van der Waals surface area contributed by atoms with Gasteiger partial charge < -0.3 is 15.5 Å². The maximum Gasteiger partial charge on any atom is 0.191 e. The van der Waals surface area contributed by atoms with E-state index in [9.17, 15) is 0 Å². The van der Waals surface area contributed by atoms with Crippen molar-refractivity contribution in [3.8, 4) is 0 Å². The van der Waals surface area contributed by atoms with Crippen molar-refractivity contribution >= 4 is 41.3 Å². The van der Waals surface area contributed by atoms with Gasteiger partial charge in [-0.2, -0.15) is 0 Å². The zero-order valence-electron chi connectivity index (χ0n) is 17.1. The van der Waals surface area contributed by atoms with Crippen LogP contribution in [-0.2, 0) is 6.54 Å². The molecule has 1 aromatic rings. The largest absolute Gasteiger partial charge is 0.354 e. The Bertz CT molecular complexity index is 589. The smallest absolute Gasteiger partial charge is 0.191 e. The van der Waals surface area contributed by atoms with Crippen LogP contribution < -0.4 is 10.6 Å². The molecular formula is C20H36IN5S. The Labute approximate surface area is 185 Å². The summed E-state index contributed by atoms with van der Waals surface area (Å²) in [6, 6.07) is 0.535. The molecule has 1 aliphatic heterocycles. The maximum absolute atomic E-state index is 4.50. The van der Waals surface area contributed by atoms with Crippen LogP contribution in [0.2, 0.25) is 0 Å². The number of aromatic nitrogens is 1. The summed E-state index contributed by atoms with van der Waals surface area (Å²) in [6.07, 6.45) is 9.68. The molecule has 0 bridgehead atoms. The second kappa shape index (κ2) is 11.6. The lowest BCUT2D eigenvalue weighted by atomic mass is 9.88. The van der Waals surface area contributed by atoms with Gasteiger partial charge in [-0.3, -0.25) is 4.99 Å². The first-order valence-corrected chi connectivity index (χ1v) is 11.1. The molecule has 0 spiro atoms. The van der Waals surface area contributed by atoms with Gasteiger partial charge in [0.05, 0.1) is 17.2 Å². The molecule has 0 atom stereocenters. The standard InChI is InChI=1S/C20H35N5S.HI/c1-15-19(26-16(2)23-15)13-22-20(21-3)24-18-9-11-25(12-10-18)14-17-7-5-4-6-8-17;/h17-18H,4-14H2,1-3H3,(H2,21,22,24);1H. The summed E-state index contributed by atoms with van der Waals surface area (Å²) < 4.78 is 0. The molecule has 2 aliphatic rings. The van der Waals surface area contributed by atoms with Gasteiger partial charge in [0, 0.05) is 37.6 Å². The minimum absolute atomic E-state index is 0. The van der Waals surface area contributed by atoms with Crippen molar-refractivity contribution in [1.29, 1.82) is 0 Å². The van der Waals surface area contributed by atoms with Crippen molar-refractivity contribution in [3.05, 3.63) is 15.6 Å². The van der Waals surface area contributed by atoms with E-state index in [2.05, 4.69) is 39.4 Å². The molecular weight excluding hydrogens is 469 g/mol. The summed E-state index contributed by atoms with van der Waals surface area (Å²) in [5, 5.41) is 8.21. The minimum atomic E-state index is 0. The first-order chi connectivity index (χ1) is 12.6. The van der Waals surface area contributed by atoms with Gasteiger partial charge in [-0.05, 0) is 45.4 Å². The molecule has 1 aliphatic carbocycles. The quantitative estimate of drug-likeness (QED) is 0.360. The summed E-state index contributed by atoms with van der Waals surface area (Å²) in [4.78, 5) is 12.9. The van der Waals surface area contributed by atoms with E-state index in [0.717, 1.165) is 29.1 Å². The molecule has 1 saturated heterocycles. The zero-order valence-corrected chi connectivity index (χ0v) is 20.2. The van der Waals surface area contributed by atoms with Crippen LogP contribution in [0.3, 0.4) is 0 Å². The molecule has 2 N–H and O–H groups in total. The van der Waals surface area contributed by atoms with E-state index in [1.165, 1.54) is 69.5 Å². The molecule has 154 valence electrons. The van der Waals surface area contributed by atoms with E-state index in [1.807, 2.05) is 7.05 Å². The lowest BCUT2D eigenvalue weighted by Crippen LogP contribution is -2.49. The molecule has 1 aromatic heterocycles. The molecule has 27 heavy (non-hydrogen) atoms. The number of hydrogen-bond donors (Lipinski definition) is 2. The van der Waals surface area contributed by atoms with Gasteiger partial charge in [0.15, 0.2) is 5.96 Å². The van der Waals surface area contributed by atoms with Crippen LogP contribution in [0.4, 0.5) is 0 Å². The van der Waals surface area contributed by atoms with Crippen molar-refractivity contribution in [1.82, 2.24) is 20.5 Å². The van der Waals surface area contributed by atoms with Crippen LogP contribution in [0.1, 0.15) is 60.5 Å². The second-order valence-electron chi connectivity index (χ2n) is 7.89. The van der Waals surface area contributed by atoms with Gasteiger partial charge in [-0.15, -0.1) is 35.3 Å². The molecule has 7 heteroatoms. The summed E-state index contributed by atoms with van der Waals surface area (Å²) in [6.45, 7) is 8.71. The summed E-state index contributed by atoms with van der Waals surface area (Å²) in [5.41, 5.74) is 1.13. The van der Waals surface area contributed by atoms with E-state index >= 15 is 0 Å². The van der Waals surface area contributed by atoms with E-state index in [0.29, 0.717) is 6.04 Å². The molecule has 1 saturated carbocycles. The summed E-state index contributed by atoms with van der Waals surface area (Å²) >= 11 is 1.77. The normalized spacial score (nSPS) is 20.3. The Balaban J connectivity index is 0.00000261. The number of guanidine groups is 1. The van der Waals surface area contributed by atoms with Crippen molar-refractivity contribution in [2.24, 2.45) is 10.9 Å². The number of rotatable bonds is 5. The Hall–Kier alpha value is -0.410. The number of piperidine rings is 1. The lowest BCUT2D eigenvalue weighted by molar-refractivity contribution is 0.160. The molecule has 0 aromatic carbocycles. The van der Waals surface area contributed by atoms with Crippen LogP contribution in [0.15, 0.2) is 4.99 Å². The number of likely N-dealkylation sites (tertiary alicyclic amines) is 1. The average molecular weight is 506 g/mol. The van der Waals surface area contributed by atoms with E-state index in [-0.39, 0.29) is 24.0 Å². The van der Waals surface area contributed by atoms with Crippen LogP contribution in [0, 0.1) is 19.8 Å². The van der Waals surface area contributed by atoms with Crippen LogP contribution in [0.25, 0.3) is 0 Å². The highest BCUT2D eigenvalue weighted by molar-refractivity contribution is 14.0. The Morgan fingerprint density at radius 2 is 1.85 bits per heavy atom. The van der Waals surface area contributed by atoms with Crippen molar-refractivity contribution in [2.75, 3.05) is 26.7 Å². The number of nitrogens with zero attached hydrogens (tertiary/aromatic N) is 3.